The van der Waals surface area contributed by atoms with E-state index >= 15 is 0 Å². The monoisotopic (exact) mass is 265 g/mol. The van der Waals surface area contributed by atoms with Gasteiger partial charge in [0.2, 0.25) is 0 Å². The lowest BCUT2D eigenvalue weighted by Gasteiger charge is -2.38. The van der Waals surface area contributed by atoms with Crippen LogP contribution in [0.5, 0.6) is 0 Å². The van der Waals surface area contributed by atoms with Crippen LogP contribution in [0.4, 0.5) is 0 Å². The van der Waals surface area contributed by atoms with Crippen LogP contribution >= 0.6 is 0 Å². The van der Waals surface area contributed by atoms with E-state index in [1.54, 1.807) is 0 Å². The maximum atomic E-state index is 12.4. The standard InChI is InChI=1S/C16H27NO2/c1-10-8-17-9-12(10)14(18)19-13-7-11-5-6-16(13,4)15(11,2)3/h10-13,17H,5-9H2,1-4H3. The highest BCUT2D eigenvalue weighted by atomic mass is 16.5. The molecule has 2 aliphatic carbocycles. The van der Waals surface area contributed by atoms with Crippen LogP contribution in [0.2, 0.25) is 0 Å². The fraction of sp³-hybridized carbons (Fsp3) is 0.938. The van der Waals surface area contributed by atoms with Gasteiger partial charge in [-0.1, -0.05) is 27.7 Å². The smallest absolute Gasteiger partial charge is 0.310 e. The zero-order valence-corrected chi connectivity index (χ0v) is 12.7. The second-order valence-electron chi connectivity index (χ2n) is 7.78. The number of nitrogens with one attached hydrogen (secondary N) is 1. The Morgan fingerprint density at radius 3 is 2.47 bits per heavy atom. The molecule has 0 aromatic rings. The fourth-order valence-electron chi connectivity index (χ4n) is 4.66. The summed E-state index contributed by atoms with van der Waals surface area (Å²) in [5, 5.41) is 3.29. The van der Waals surface area contributed by atoms with Gasteiger partial charge >= 0.3 is 5.97 Å². The Bertz CT molecular complexity index is 392. The van der Waals surface area contributed by atoms with Crippen molar-refractivity contribution in [3.05, 3.63) is 0 Å². The predicted molar refractivity (Wildman–Crippen MR) is 74.6 cm³/mol. The predicted octanol–water partition coefficient (Wildman–Crippen LogP) is 2.60. The van der Waals surface area contributed by atoms with Crippen LogP contribution in [0.1, 0.15) is 47.0 Å². The third kappa shape index (κ3) is 1.77. The van der Waals surface area contributed by atoms with Crippen LogP contribution in [0, 0.1) is 28.6 Å². The Labute approximate surface area is 116 Å². The van der Waals surface area contributed by atoms with Crippen molar-refractivity contribution in [1.82, 2.24) is 5.32 Å². The molecular formula is C16H27NO2. The van der Waals surface area contributed by atoms with Gasteiger partial charge in [-0.05, 0) is 43.1 Å². The molecule has 3 aliphatic rings. The van der Waals surface area contributed by atoms with E-state index in [4.69, 9.17) is 4.74 Å². The molecule has 2 saturated carbocycles. The van der Waals surface area contributed by atoms with Gasteiger partial charge in [-0.25, -0.2) is 0 Å². The summed E-state index contributed by atoms with van der Waals surface area (Å²) in [7, 11) is 0. The SMILES string of the molecule is CC1CNCC1C(=O)OC1CC2CCC1(C)C2(C)C. The molecule has 1 N–H and O–H groups in total. The molecule has 5 atom stereocenters. The maximum absolute atomic E-state index is 12.4. The zero-order valence-electron chi connectivity index (χ0n) is 12.7. The largest absolute Gasteiger partial charge is 0.462 e. The Hall–Kier alpha value is -0.570. The molecule has 1 aliphatic heterocycles. The molecule has 0 radical (unpaired) electrons. The van der Waals surface area contributed by atoms with Gasteiger partial charge in [0.05, 0.1) is 5.92 Å². The van der Waals surface area contributed by atoms with Gasteiger partial charge in [0.15, 0.2) is 0 Å². The lowest BCUT2D eigenvalue weighted by atomic mass is 9.70. The van der Waals surface area contributed by atoms with Crippen molar-refractivity contribution in [2.75, 3.05) is 13.1 Å². The molecule has 0 aromatic heterocycles. The molecule has 0 amide bonds. The summed E-state index contributed by atoms with van der Waals surface area (Å²) < 4.78 is 5.96. The first-order chi connectivity index (χ1) is 8.86. The first kappa shape index (κ1) is 13.4. The molecule has 0 aromatic carbocycles. The summed E-state index contributed by atoms with van der Waals surface area (Å²) in [5.74, 6) is 1.24. The molecule has 2 bridgehead atoms. The average Bonchev–Trinajstić information content (AvgIpc) is 2.90. The minimum absolute atomic E-state index is 0.0343. The second-order valence-corrected chi connectivity index (χ2v) is 7.78. The van der Waals surface area contributed by atoms with Crippen LogP contribution in [0.25, 0.3) is 0 Å². The average molecular weight is 265 g/mol. The third-order valence-electron chi connectivity index (χ3n) is 6.79. The summed E-state index contributed by atoms with van der Waals surface area (Å²) in [6.45, 7) is 10.9. The molecule has 1 heterocycles. The van der Waals surface area contributed by atoms with Gasteiger partial charge in [-0.3, -0.25) is 4.79 Å². The number of esters is 1. The van der Waals surface area contributed by atoms with Gasteiger partial charge in [0.25, 0.3) is 0 Å². The van der Waals surface area contributed by atoms with E-state index in [1.807, 2.05) is 0 Å². The van der Waals surface area contributed by atoms with E-state index in [9.17, 15) is 4.79 Å². The van der Waals surface area contributed by atoms with Crippen molar-refractivity contribution in [2.24, 2.45) is 28.6 Å². The van der Waals surface area contributed by atoms with Gasteiger partial charge < -0.3 is 10.1 Å². The highest BCUT2D eigenvalue weighted by molar-refractivity contribution is 5.73. The molecule has 108 valence electrons. The van der Waals surface area contributed by atoms with Crippen LogP contribution in [0.3, 0.4) is 0 Å². The van der Waals surface area contributed by atoms with Gasteiger partial charge in [-0.15, -0.1) is 0 Å². The Kier molecular flexibility index (Phi) is 2.97. The number of fused-ring (bicyclic) bond motifs is 2. The van der Waals surface area contributed by atoms with E-state index in [0.717, 1.165) is 25.4 Å². The number of carbonyl (C=O) groups is 1. The minimum atomic E-state index is 0.0343. The van der Waals surface area contributed by atoms with Crippen molar-refractivity contribution in [3.63, 3.8) is 0 Å². The number of carbonyl (C=O) groups excluding carboxylic acids is 1. The van der Waals surface area contributed by atoms with Gasteiger partial charge in [-0.2, -0.15) is 0 Å². The maximum Gasteiger partial charge on any atom is 0.310 e. The molecule has 3 fully saturated rings. The van der Waals surface area contributed by atoms with Crippen molar-refractivity contribution in [3.8, 4) is 0 Å². The second kappa shape index (κ2) is 4.21. The molecular weight excluding hydrogens is 238 g/mol. The molecule has 0 spiro atoms. The summed E-state index contributed by atoms with van der Waals surface area (Å²) in [4.78, 5) is 12.4. The number of ether oxygens (including phenoxy) is 1. The quantitative estimate of drug-likeness (QED) is 0.780. The van der Waals surface area contributed by atoms with E-state index in [2.05, 4.69) is 33.0 Å². The highest BCUT2D eigenvalue weighted by Gasteiger charge is 2.63. The molecule has 3 rings (SSSR count). The number of rotatable bonds is 2. The summed E-state index contributed by atoms with van der Waals surface area (Å²) in [6, 6.07) is 0. The van der Waals surface area contributed by atoms with Crippen molar-refractivity contribution in [2.45, 2.75) is 53.1 Å². The Morgan fingerprint density at radius 1 is 1.26 bits per heavy atom. The number of hydrogen-bond donors (Lipinski definition) is 1. The molecule has 5 unspecified atom stereocenters. The third-order valence-corrected chi connectivity index (χ3v) is 6.79. The minimum Gasteiger partial charge on any atom is -0.462 e. The summed E-state index contributed by atoms with van der Waals surface area (Å²) in [5.41, 5.74) is 0.500. The summed E-state index contributed by atoms with van der Waals surface area (Å²) in [6.07, 6.45) is 3.73. The van der Waals surface area contributed by atoms with E-state index in [1.165, 1.54) is 12.8 Å². The topological polar surface area (TPSA) is 38.3 Å². The van der Waals surface area contributed by atoms with E-state index < -0.39 is 0 Å². The fourth-order valence-corrected chi connectivity index (χ4v) is 4.66. The molecule has 3 nitrogen and oxygen atoms in total. The van der Waals surface area contributed by atoms with Crippen molar-refractivity contribution < 1.29 is 9.53 Å². The normalized spacial score (nSPS) is 47.6. The Balaban J connectivity index is 1.70. The first-order valence-corrected chi connectivity index (χ1v) is 7.77. The van der Waals surface area contributed by atoms with E-state index in [0.29, 0.717) is 11.3 Å². The van der Waals surface area contributed by atoms with Crippen LogP contribution in [-0.2, 0) is 9.53 Å². The van der Waals surface area contributed by atoms with Crippen molar-refractivity contribution >= 4 is 5.97 Å². The molecule has 1 saturated heterocycles. The Morgan fingerprint density at radius 2 is 2.00 bits per heavy atom. The van der Waals surface area contributed by atoms with E-state index in [-0.39, 0.29) is 23.4 Å². The zero-order chi connectivity index (χ0) is 13.8. The first-order valence-electron chi connectivity index (χ1n) is 7.77. The van der Waals surface area contributed by atoms with Gasteiger partial charge in [0.1, 0.15) is 6.10 Å². The number of hydrogen-bond acceptors (Lipinski definition) is 3. The molecule has 19 heavy (non-hydrogen) atoms. The highest BCUT2D eigenvalue weighted by Crippen LogP contribution is 2.66. The lowest BCUT2D eigenvalue weighted by molar-refractivity contribution is -0.162. The lowest BCUT2D eigenvalue weighted by Crippen LogP contribution is -2.40. The van der Waals surface area contributed by atoms with Gasteiger partial charge in [0, 0.05) is 12.0 Å². The van der Waals surface area contributed by atoms with Crippen LogP contribution in [0.15, 0.2) is 0 Å². The summed E-state index contributed by atoms with van der Waals surface area (Å²) >= 11 is 0. The van der Waals surface area contributed by atoms with Crippen molar-refractivity contribution in [1.29, 1.82) is 0 Å². The molecule has 3 heteroatoms. The van der Waals surface area contributed by atoms with Crippen LogP contribution in [-0.4, -0.2) is 25.2 Å². The van der Waals surface area contributed by atoms with Crippen LogP contribution < -0.4 is 5.32 Å².